The Hall–Kier alpha value is -3.09. The van der Waals surface area contributed by atoms with Gasteiger partial charge in [0.05, 0.1) is 13.2 Å². The standard InChI is InChI=1S/C21H29N5O6S/c1-33-7-6-15(21(31)32)25-20(30)17(11-27)26-19(29)16(24-18(28)9-22)8-12-10-23-14-5-3-2-4-13(12)14/h2-5,10,15-17,23,27H,6-9,11,22H2,1H3,(H,24,28)(H,25,30)(H,26,29)(H,31,32). The third kappa shape index (κ3) is 7.48. The first-order valence-electron chi connectivity index (χ1n) is 10.3. The quantitative estimate of drug-likeness (QED) is 0.190. The molecule has 1 aromatic heterocycles. The molecule has 0 aliphatic rings. The van der Waals surface area contributed by atoms with Gasteiger partial charge in [-0.25, -0.2) is 4.79 Å². The molecule has 1 aromatic carbocycles. The molecule has 33 heavy (non-hydrogen) atoms. The third-order valence-electron chi connectivity index (χ3n) is 4.98. The normalized spacial score (nSPS) is 13.7. The van der Waals surface area contributed by atoms with Gasteiger partial charge in [-0.3, -0.25) is 14.4 Å². The number of fused-ring (bicyclic) bond motifs is 1. The zero-order valence-electron chi connectivity index (χ0n) is 18.2. The number of benzene rings is 1. The molecule has 3 unspecified atom stereocenters. The van der Waals surface area contributed by atoms with Crippen molar-refractivity contribution in [2.24, 2.45) is 5.73 Å². The SMILES string of the molecule is CSCCC(NC(=O)C(CO)NC(=O)C(Cc1c[nH]c2ccccc12)NC(=O)CN)C(=O)O. The third-order valence-corrected chi connectivity index (χ3v) is 5.62. The van der Waals surface area contributed by atoms with Crippen LogP contribution in [0.15, 0.2) is 30.5 Å². The van der Waals surface area contributed by atoms with Crippen LogP contribution in [-0.2, 0) is 25.6 Å². The molecule has 0 spiro atoms. The second-order valence-corrected chi connectivity index (χ2v) is 8.30. The van der Waals surface area contributed by atoms with Gasteiger partial charge in [0, 0.05) is 23.5 Å². The van der Waals surface area contributed by atoms with E-state index in [0.717, 1.165) is 16.5 Å². The summed E-state index contributed by atoms with van der Waals surface area (Å²) in [5, 5.41) is 27.0. The molecule has 12 heteroatoms. The van der Waals surface area contributed by atoms with E-state index < -0.39 is 48.4 Å². The first-order valence-corrected chi connectivity index (χ1v) is 11.7. The number of H-pyrrole nitrogens is 1. The fourth-order valence-electron chi connectivity index (χ4n) is 3.21. The van der Waals surface area contributed by atoms with E-state index in [1.165, 1.54) is 11.8 Å². The number of para-hydroxylation sites is 1. The Labute approximate surface area is 194 Å². The van der Waals surface area contributed by atoms with E-state index in [1.54, 1.807) is 12.5 Å². The van der Waals surface area contributed by atoms with Crippen LogP contribution in [0.5, 0.6) is 0 Å². The molecular formula is C21H29N5O6S. The van der Waals surface area contributed by atoms with Crippen molar-refractivity contribution >= 4 is 46.4 Å². The van der Waals surface area contributed by atoms with Crippen molar-refractivity contribution in [1.29, 1.82) is 0 Å². The Morgan fingerprint density at radius 3 is 2.36 bits per heavy atom. The molecule has 0 radical (unpaired) electrons. The highest BCUT2D eigenvalue weighted by Crippen LogP contribution is 2.19. The summed E-state index contributed by atoms with van der Waals surface area (Å²) >= 11 is 1.43. The maximum atomic E-state index is 12.9. The zero-order valence-corrected chi connectivity index (χ0v) is 19.0. The van der Waals surface area contributed by atoms with E-state index in [2.05, 4.69) is 20.9 Å². The second-order valence-electron chi connectivity index (χ2n) is 7.31. The smallest absolute Gasteiger partial charge is 0.326 e. The average Bonchev–Trinajstić information content (AvgIpc) is 3.21. The van der Waals surface area contributed by atoms with Crippen molar-refractivity contribution in [3.05, 3.63) is 36.0 Å². The van der Waals surface area contributed by atoms with Crippen LogP contribution in [0.2, 0.25) is 0 Å². The molecule has 0 bridgehead atoms. The summed E-state index contributed by atoms with van der Waals surface area (Å²) in [6.45, 7) is -1.09. The number of carboxylic acid groups (broad SMARTS) is 1. The Balaban J connectivity index is 2.14. The second kappa shape index (κ2) is 12.8. The molecule has 0 aliphatic carbocycles. The highest BCUT2D eigenvalue weighted by atomic mass is 32.2. The van der Waals surface area contributed by atoms with Crippen LogP contribution in [0, 0.1) is 0 Å². The van der Waals surface area contributed by atoms with Crippen molar-refractivity contribution < 1.29 is 29.4 Å². The topological polar surface area (TPSA) is 187 Å². The highest BCUT2D eigenvalue weighted by molar-refractivity contribution is 7.98. The number of hydrogen-bond acceptors (Lipinski definition) is 7. The number of thioether (sulfide) groups is 1. The van der Waals surface area contributed by atoms with Crippen LogP contribution < -0.4 is 21.7 Å². The molecule has 3 amide bonds. The first kappa shape index (κ1) is 26.2. The number of aliphatic carboxylic acids is 1. The maximum Gasteiger partial charge on any atom is 0.326 e. The van der Waals surface area contributed by atoms with Crippen LogP contribution in [0.3, 0.4) is 0 Å². The Morgan fingerprint density at radius 1 is 1.06 bits per heavy atom. The van der Waals surface area contributed by atoms with E-state index >= 15 is 0 Å². The molecule has 8 N–H and O–H groups in total. The van der Waals surface area contributed by atoms with Crippen LogP contribution in [0.4, 0.5) is 0 Å². The molecule has 11 nitrogen and oxygen atoms in total. The van der Waals surface area contributed by atoms with Gasteiger partial charge in [-0.05, 0) is 30.1 Å². The molecule has 1 heterocycles. The van der Waals surface area contributed by atoms with Gasteiger partial charge in [0.2, 0.25) is 17.7 Å². The summed E-state index contributed by atoms with van der Waals surface area (Å²) in [5.74, 6) is -2.83. The number of rotatable bonds is 13. The fraction of sp³-hybridized carbons (Fsp3) is 0.429. The molecule has 0 aliphatic heterocycles. The van der Waals surface area contributed by atoms with E-state index in [1.807, 2.05) is 24.3 Å². The number of carbonyl (C=O) groups is 4. The predicted molar refractivity (Wildman–Crippen MR) is 125 cm³/mol. The van der Waals surface area contributed by atoms with Crippen LogP contribution in [0.1, 0.15) is 12.0 Å². The molecule has 2 rings (SSSR count). The number of amides is 3. The minimum atomic E-state index is -1.39. The monoisotopic (exact) mass is 479 g/mol. The molecular weight excluding hydrogens is 450 g/mol. The number of aliphatic hydroxyl groups is 1. The summed E-state index contributed by atoms with van der Waals surface area (Å²) < 4.78 is 0. The number of carboxylic acids is 1. The van der Waals surface area contributed by atoms with Gasteiger partial charge in [0.1, 0.15) is 18.1 Å². The van der Waals surface area contributed by atoms with E-state index in [4.69, 9.17) is 5.73 Å². The van der Waals surface area contributed by atoms with Gasteiger partial charge in [-0.15, -0.1) is 0 Å². The van der Waals surface area contributed by atoms with Crippen LogP contribution in [-0.4, -0.2) is 82.2 Å². The lowest BCUT2D eigenvalue weighted by atomic mass is 10.0. The Bertz CT molecular complexity index is 981. The number of carbonyl (C=O) groups excluding carboxylic acids is 3. The first-order chi connectivity index (χ1) is 15.8. The van der Waals surface area contributed by atoms with Crippen molar-refractivity contribution in [3.63, 3.8) is 0 Å². The minimum absolute atomic E-state index is 0.104. The van der Waals surface area contributed by atoms with E-state index in [-0.39, 0.29) is 19.4 Å². The molecule has 0 saturated carbocycles. The lowest BCUT2D eigenvalue weighted by Crippen LogP contribution is -2.57. The van der Waals surface area contributed by atoms with Gasteiger partial charge >= 0.3 is 5.97 Å². The van der Waals surface area contributed by atoms with Crippen molar-refractivity contribution in [2.45, 2.75) is 31.0 Å². The van der Waals surface area contributed by atoms with E-state index in [0.29, 0.717) is 5.75 Å². The molecule has 0 saturated heterocycles. The minimum Gasteiger partial charge on any atom is -0.480 e. The number of aliphatic hydroxyl groups excluding tert-OH is 1. The number of nitrogens with two attached hydrogens (primary N) is 1. The van der Waals surface area contributed by atoms with Crippen molar-refractivity contribution in [1.82, 2.24) is 20.9 Å². The van der Waals surface area contributed by atoms with Gasteiger partial charge in [-0.2, -0.15) is 11.8 Å². The Kier molecular flexibility index (Phi) is 10.2. The van der Waals surface area contributed by atoms with Crippen LogP contribution >= 0.6 is 11.8 Å². The molecule has 0 fully saturated rings. The van der Waals surface area contributed by atoms with Gasteiger partial charge in [0.15, 0.2) is 0 Å². The summed E-state index contributed by atoms with van der Waals surface area (Å²) in [6, 6.07) is 3.81. The van der Waals surface area contributed by atoms with Crippen LogP contribution in [0.25, 0.3) is 10.9 Å². The molecule has 2 aromatic rings. The summed E-state index contributed by atoms with van der Waals surface area (Å²) in [4.78, 5) is 51.8. The van der Waals surface area contributed by atoms with Crippen molar-refractivity contribution in [3.8, 4) is 0 Å². The maximum absolute atomic E-state index is 12.9. The number of aromatic amines is 1. The number of aromatic nitrogens is 1. The summed E-state index contributed by atoms with van der Waals surface area (Å²) in [5.41, 5.74) is 6.99. The van der Waals surface area contributed by atoms with Gasteiger partial charge in [0.25, 0.3) is 0 Å². The summed E-state index contributed by atoms with van der Waals surface area (Å²) in [6.07, 6.45) is 3.82. The average molecular weight is 480 g/mol. The molecule has 3 atom stereocenters. The zero-order chi connectivity index (χ0) is 24.4. The number of nitrogens with one attached hydrogen (secondary N) is 4. The largest absolute Gasteiger partial charge is 0.480 e. The summed E-state index contributed by atoms with van der Waals surface area (Å²) in [7, 11) is 0. The lowest BCUT2D eigenvalue weighted by molar-refractivity contribution is -0.142. The van der Waals surface area contributed by atoms with E-state index in [9.17, 15) is 29.4 Å². The highest BCUT2D eigenvalue weighted by Gasteiger charge is 2.29. The fourth-order valence-corrected chi connectivity index (χ4v) is 3.69. The predicted octanol–water partition coefficient (Wildman–Crippen LogP) is -1.05. The Morgan fingerprint density at radius 2 is 1.73 bits per heavy atom. The molecule has 180 valence electrons. The lowest BCUT2D eigenvalue weighted by Gasteiger charge is -2.23. The van der Waals surface area contributed by atoms with Gasteiger partial charge < -0.3 is 36.9 Å². The van der Waals surface area contributed by atoms with Crippen molar-refractivity contribution in [2.75, 3.05) is 25.2 Å². The number of hydrogen-bond donors (Lipinski definition) is 7. The van der Waals surface area contributed by atoms with Gasteiger partial charge in [-0.1, -0.05) is 18.2 Å².